The zero-order valence-corrected chi connectivity index (χ0v) is 32.6. The molecular weight excluding hydrogens is 747 g/mol. The smallest absolute Gasteiger partial charge is 0.238 e. The molecule has 0 N–H and O–H groups in total. The Morgan fingerprint density at radius 1 is 0.431 bits per heavy atom. The Hall–Kier alpha value is -7.19. The molecule has 0 atom stereocenters. The zero-order chi connectivity index (χ0) is 38.2. The SMILES string of the molecule is c1ccc(N(c2nc(-c3ccc4sc5ccccc5c4c3)nc(-c3cccc4c5ccccc5n(-c5ccccc5)c34)n2)c2cccc3sc4ccccc4c23)cc1. The molecule has 4 heterocycles. The number of fused-ring (bicyclic) bond motifs is 9. The van der Waals surface area contributed by atoms with Crippen LogP contribution in [0.15, 0.2) is 188 Å². The van der Waals surface area contributed by atoms with E-state index < -0.39 is 0 Å². The van der Waals surface area contributed by atoms with Crippen molar-refractivity contribution in [3.05, 3.63) is 188 Å². The summed E-state index contributed by atoms with van der Waals surface area (Å²) in [5.41, 5.74) is 7.09. The number of anilines is 3. The summed E-state index contributed by atoms with van der Waals surface area (Å²) in [6.07, 6.45) is 0. The minimum atomic E-state index is 0.545. The molecule has 0 aliphatic rings. The molecule has 58 heavy (non-hydrogen) atoms. The fraction of sp³-hybridized carbons (Fsp3) is 0. The van der Waals surface area contributed by atoms with Crippen LogP contribution in [0.4, 0.5) is 17.3 Å². The number of thiophene rings is 2. The van der Waals surface area contributed by atoms with Crippen molar-refractivity contribution in [1.29, 1.82) is 0 Å². The lowest BCUT2D eigenvalue weighted by Crippen LogP contribution is -2.15. The van der Waals surface area contributed by atoms with E-state index in [9.17, 15) is 0 Å². The van der Waals surface area contributed by atoms with Crippen LogP contribution < -0.4 is 4.90 Å². The number of para-hydroxylation sites is 4. The summed E-state index contributed by atoms with van der Waals surface area (Å²) in [7, 11) is 0. The first-order chi connectivity index (χ1) is 28.8. The first kappa shape index (κ1) is 33.0. The number of hydrogen-bond donors (Lipinski definition) is 0. The standard InChI is InChI=1S/C51H31N5S2/c1-3-15-33(16-4-1)55-41-24-10-7-19-35(41)37-22-13-23-39(48(37)55)50-52-49(32-29-30-45-40(31-32)36-20-8-11-26-43(36)57-45)53-51(54-50)56(34-17-5-2-6-18-34)42-25-14-28-46-47(42)38-21-9-12-27-44(38)58-46/h1-31H. The van der Waals surface area contributed by atoms with Crippen LogP contribution >= 0.6 is 22.7 Å². The van der Waals surface area contributed by atoms with Crippen molar-refractivity contribution in [1.82, 2.24) is 19.5 Å². The summed E-state index contributed by atoms with van der Waals surface area (Å²) >= 11 is 3.62. The van der Waals surface area contributed by atoms with E-state index in [2.05, 4.69) is 198 Å². The second-order valence-electron chi connectivity index (χ2n) is 14.4. The Morgan fingerprint density at radius 2 is 1.05 bits per heavy atom. The number of nitrogens with zero attached hydrogens (tertiary/aromatic N) is 5. The average molecular weight is 778 g/mol. The molecule has 12 aromatic rings. The molecular formula is C51H31N5S2. The van der Waals surface area contributed by atoms with Gasteiger partial charge in [-0.25, -0.2) is 4.98 Å². The van der Waals surface area contributed by atoms with Gasteiger partial charge in [-0.1, -0.05) is 109 Å². The van der Waals surface area contributed by atoms with Crippen LogP contribution in [0.2, 0.25) is 0 Å². The van der Waals surface area contributed by atoms with Gasteiger partial charge in [-0.05, 0) is 78.9 Å². The normalized spacial score (nSPS) is 11.8. The minimum Gasteiger partial charge on any atom is -0.309 e. The minimum absolute atomic E-state index is 0.545. The molecule has 0 aliphatic heterocycles. The average Bonchev–Trinajstić information content (AvgIpc) is 3.97. The van der Waals surface area contributed by atoms with Gasteiger partial charge in [0.15, 0.2) is 11.6 Å². The molecule has 8 aromatic carbocycles. The molecule has 0 amide bonds. The van der Waals surface area contributed by atoms with Crippen LogP contribution in [0, 0.1) is 0 Å². The number of aromatic nitrogens is 4. The van der Waals surface area contributed by atoms with Crippen LogP contribution in [0.25, 0.3) is 90.6 Å². The van der Waals surface area contributed by atoms with Gasteiger partial charge >= 0.3 is 0 Å². The molecule has 0 fully saturated rings. The summed E-state index contributed by atoms with van der Waals surface area (Å²) in [6, 6.07) is 66.5. The molecule has 12 rings (SSSR count). The second-order valence-corrected chi connectivity index (χ2v) is 16.6. The first-order valence-electron chi connectivity index (χ1n) is 19.3. The largest absolute Gasteiger partial charge is 0.309 e. The second kappa shape index (κ2) is 13.2. The summed E-state index contributed by atoms with van der Waals surface area (Å²) in [5.74, 6) is 1.76. The summed E-state index contributed by atoms with van der Waals surface area (Å²) in [4.78, 5) is 18.6. The molecule has 0 saturated heterocycles. The molecule has 272 valence electrons. The Balaban J connectivity index is 1.18. The fourth-order valence-electron chi connectivity index (χ4n) is 8.51. The van der Waals surface area contributed by atoms with Crippen LogP contribution in [0.3, 0.4) is 0 Å². The molecule has 5 nitrogen and oxygen atoms in total. The maximum Gasteiger partial charge on any atom is 0.238 e. The third kappa shape index (κ3) is 5.18. The molecule has 7 heteroatoms. The van der Waals surface area contributed by atoms with Gasteiger partial charge in [0.05, 0.1) is 16.7 Å². The molecule has 0 saturated carbocycles. The number of benzene rings is 8. The van der Waals surface area contributed by atoms with Gasteiger partial charge in [0.25, 0.3) is 0 Å². The van der Waals surface area contributed by atoms with Gasteiger partial charge in [-0.3, -0.25) is 4.90 Å². The first-order valence-corrected chi connectivity index (χ1v) is 20.9. The Labute approximate surface area is 341 Å². The van der Waals surface area contributed by atoms with E-state index in [1.54, 1.807) is 0 Å². The van der Waals surface area contributed by atoms with E-state index in [0.717, 1.165) is 44.6 Å². The van der Waals surface area contributed by atoms with E-state index in [4.69, 9.17) is 15.0 Å². The van der Waals surface area contributed by atoms with E-state index in [0.29, 0.717) is 17.6 Å². The summed E-state index contributed by atoms with van der Waals surface area (Å²) < 4.78 is 7.30. The summed E-state index contributed by atoms with van der Waals surface area (Å²) in [6.45, 7) is 0. The van der Waals surface area contributed by atoms with Gasteiger partial charge < -0.3 is 4.57 Å². The molecule has 0 aliphatic carbocycles. The molecule has 0 bridgehead atoms. The zero-order valence-electron chi connectivity index (χ0n) is 31.0. The topological polar surface area (TPSA) is 46.8 Å². The molecule has 0 unspecified atom stereocenters. The van der Waals surface area contributed by atoms with Crippen molar-refractivity contribution in [3.63, 3.8) is 0 Å². The lowest BCUT2D eigenvalue weighted by atomic mass is 10.1. The maximum absolute atomic E-state index is 5.51. The van der Waals surface area contributed by atoms with Crippen LogP contribution in [0.5, 0.6) is 0 Å². The van der Waals surface area contributed by atoms with Crippen molar-refractivity contribution in [2.75, 3.05) is 4.90 Å². The van der Waals surface area contributed by atoms with E-state index >= 15 is 0 Å². The predicted octanol–water partition coefficient (Wildman–Crippen LogP) is 14.5. The molecule has 4 aromatic heterocycles. The Morgan fingerprint density at radius 3 is 1.90 bits per heavy atom. The predicted molar refractivity (Wildman–Crippen MR) is 245 cm³/mol. The highest BCUT2D eigenvalue weighted by atomic mass is 32.1. The van der Waals surface area contributed by atoms with E-state index in [-0.39, 0.29) is 0 Å². The molecule has 0 spiro atoms. The number of hydrogen-bond acceptors (Lipinski definition) is 6. The van der Waals surface area contributed by atoms with Crippen molar-refractivity contribution in [2.24, 2.45) is 0 Å². The van der Waals surface area contributed by atoms with Crippen LogP contribution in [-0.2, 0) is 0 Å². The van der Waals surface area contributed by atoms with Gasteiger partial charge in [-0.15, -0.1) is 22.7 Å². The quantitative estimate of drug-likeness (QED) is 0.169. The fourth-order valence-corrected chi connectivity index (χ4v) is 10.7. The third-order valence-corrected chi connectivity index (χ3v) is 13.3. The van der Waals surface area contributed by atoms with Crippen molar-refractivity contribution in [3.8, 4) is 28.5 Å². The monoisotopic (exact) mass is 777 g/mol. The number of rotatable bonds is 6. The van der Waals surface area contributed by atoms with Crippen molar-refractivity contribution >= 4 is 102 Å². The highest BCUT2D eigenvalue weighted by Gasteiger charge is 2.25. The van der Waals surface area contributed by atoms with Crippen molar-refractivity contribution in [2.45, 2.75) is 0 Å². The Bertz CT molecular complexity index is 3530. The lowest BCUT2D eigenvalue weighted by molar-refractivity contribution is 1.02. The highest BCUT2D eigenvalue weighted by molar-refractivity contribution is 7.26. The maximum atomic E-state index is 5.51. The van der Waals surface area contributed by atoms with E-state index in [1.807, 2.05) is 22.7 Å². The van der Waals surface area contributed by atoms with E-state index in [1.165, 1.54) is 45.7 Å². The lowest BCUT2D eigenvalue weighted by Gasteiger charge is -2.25. The van der Waals surface area contributed by atoms with Crippen molar-refractivity contribution < 1.29 is 0 Å². The van der Waals surface area contributed by atoms with Crippen LogP contribution in [0.1, 0.15) is 0 Å². The summed E-state index contributed by atoms with van der Waals surface area (Å²) in [5, 5.41) is 7.13. The van der Waals surface area contributed by atoms with Gasteiger partial charge in [0.2, 0.25) is 5.95 Å². The third-order valence-electron chi connectivity index (χ3n) is 11.0. The Kier molecular flexibility index (Phi) is 7.51. The van der Waals surface area contributed by atoms with Crippen LogP contribution in [-0.4, -0.2) is 19.5 Å². The van der Waals surface area contributed by atoms with Gasteiger partial charge in [0.1, 0.15) is 0 Å². The van der Waals surface area contributed by atoms with Gasteiger partial charge in [-0.2, -0.15) is 9.97 Å². The van der Waals surface area contributed by atoms with Gasteiger partial charge in [0, 0.05) is 73.6 Å². The molecule has 0 radical (unpaired) electrons. The highest BCUT2D eigenvalue weighted by Crippen LogP contribution is 2.45.